The van der Waals surface area contributed by atoms with Gasteiger partial charge in [-0.25, -0.2) is 15.3 Å². The van der Waals surface area contributed by atoms with Gasteiger partial charge in [-0.15, -0.1) is 0 Å². The summed E-state index contributed by atoms with van der Waals surface area (Å²) in [5.41, 5.74) is 7.89. The number of nitrogens with zero attached hydrogens (tertiary/aromatic N) is 2. The fourth-order valence-corrected chi connectivity index (χ4v) is 2.58. The summed E-state index contributed by atoms with van der Waals surface area (Å²) in [5.74, 6) is 1.12. The van der Waals surface area contributed by atoms with Crippen molar-refractivity contribution in [2.75, 3.05) is 5.32 Å². The molecular formula is C14H24N5+. The van der Waals surface area contributed by atoms with Crippen LogP contribution in [0.15, 0.2) is 6.07 Å². The summed E-state index contributed by atoms with van der Waals surface area (Å²) in [6.07, 6.45) is 7.62. The van der Waals surface area contributed by atoms with Gasteiger partial charge in [-0.1, -0.05) is 25.7 Å². The van der Waals surface area contributed by atoms with E-state index in [0.717, 1.165) is 11.4 Å². The maximum atomic E-state index is 6.00. The van der Waals surface area contributed by atoms with E-state index in [1.165, 1.54) is 38.5 Å². The van der Waals surface area contributed by atoms with Crippen molar-refractivity contribution in [2.45, 2.75) is 58.4 Å². The average molecular weight is 262 g/mol. The van der Waals surface area contributed by atoms with Gasteiger partial charge in [0.1, 0.15) is 0 Å². The fraction of sp³-hybridized carbons (Fsp3) is 0.643. The van der Waals surface area contributed by atoms with Crippen LogP contribution in [0.5, 0.6) is 0 Å². The lowest BCUT2D eigenvalue weighted by molar-refractivity contribution is -0.506. The minimum Gasteiger partial charge on any atom is -0.290 e. The van der Waals surface area contributed by atoms with Gasteiger partial charge in [0.05, 0.1) is 6.04 Å². The average Bonchev–Trinajstić information content (AvgIpc) is 2.55. The summed E-state index contributed by atoms with van der Waals surface area (Å²) in [7, 11) is 0. The Morgan fingerprint density at radius 2 is 1.74 bits per heavy atom. The molecule has 0 spiro atoms. The zero-order valence-corrected chi connectivity index (χ0v) is 11.9. The Kier molecular flexibility index (Phi) is 4.71. The van der Waals surface area contributed by atoms with Gasteiger partial charge >= 0.3 is 5.96 Å². The van der Waals surface area contributed by atoms with Crippen molar-refractivity contribution in [3.8, 4) is 0 Å². The van der Waals surface area contributed by atoms with Crippen molar-refractivity contribution in [1.82, 2.24) is 9.97 Å². The molecular weight excluding hydrogens is 238 g/mol. The quantitative estimate of drug-likeness (QED) is 0.415. The van der Waals surface area contributed by atoms with Crippen molar-refractivity contribution in [3.63, 3.8) is 0 Å². The van der Waals surface area contributed by atoms with Gasteiger partial charge in [0.25, 0.3) is 5.95 Å². The first-order valence-electron chi connectivity index (χ1n) is 7.12. The summed E-state index contributed by atoms with van der Waals surface area (Å²) in [6.45, 7) is 3.91. The molecule has 1 heterocycles. The molecule has 4 N–H and O–H groups in total. The molecule has 1 aromatic heterocycles. The second-order valence-corrected chi connectivity index (χ2v) is 5.35. The maximum Gasteiger partial charge on any atom is 0.348 e. The number of nitrogens with one attached hydrogen (secondary N) is 2. The molecule has 0 aromatic carbocycles. The topological polar surface area (TPSA) is 77.8 Å². The molecule has 1 saturated carbocycles. The molecule has 0 aliphatic heterocycles. The van der Waals surface area contributed by atoms with Crippen LogP contribution in [0, 0.1) is 13.8 Å². The molecule has 5 nitrogen and oxygen atoms in total. The molecule has 104 valence electrons. The third-order valence-electron chi connectivity index (χ3n) is 3.44. The lowest BCUT2D eigenvalue weighted by Crippen LogP contribution is -2.83. The van der Waals surface area contributed by atoms with Crippen LogP contribution in [0.3, 0.4) is 0 Å². The highest BCUT2D eigenvalue weighted by Crippen LogP contribution is 2.14. The number of guanidine groups is 1. The van der Waals surface area contributed by atoms with Gasteiger partial charge < -0.3 is 0 Å². The molecule has 2 rings (SSSR count). The molecule has 5 heteroatoms. The van der Waals surface area contributed by atoms with Crippen molar-refractivity contribution in [2.24, 2.45) is 5.73 Å². The van der Waals surface area contributed by atoms with Crippen LogP contribution in [-0.2, 0) is 0 Å². The number of hydrogen-bond acceptors (Lipinski definition) is 2. The standard InChI is InChI=1S/C14H23N5/c1-10-9-11(2)17-14(16-10)19-13(15)18-12-7-5-3-4-6-8-12/h9,12H,3-8H2,1-2H3,(H3,15,16,17,18,19)/p+1. The first kappa shape index (κ1) is 13.8. The molecule has 1 aliphatic rings. The second-order valence-electron chi connectivity index (χ2n) is 5.35. The SMILES string of the molecule is Cc1cc(C)nc(NC(N)=[NH+]C2CCCCCC2)n1. The predicted molar refractivity (Wildman–Crippen MR) is 76.8 cm³/mol. The number of aromatic nitrogens is 2. The third kappa shape index (κ3) is 4.50. The number of aryl methyl sites for hydroxylation is 2. The Bertz CT molecular complexity index is 427. The minimum absolute atomic E-state index is 0.473. The smallest absolute Gasteiger partial charge is 0.290 e. The Morgan fingerprint density at radius 3 is 2.32 bits per heavy atom. The lowest BCUT2D eigenvalue weighted by atomic mass is 10.1. The summed E-state index contributed by atoms with van der Waals surface area (Å²) >= 11 is 0. The van der Waals surface area contributed by atoms with Crippen molar-refractivity contribution in [3.05, 3.63) is 17.5 Å². The molecule has 0 saturated heterocycles. The van der Waals surface area contributed by atoms with Crippen LogP contribution in [0.4, 0.5) is 5.95 Å². The summed E-state index contributed by atoms with van der Waals surface area (Å²) in [4.78, 5) is 12.0. The van der Waals surface area contributed by atoms with Crippen LogP contribution in [-0.4, -0.2) is 22.0 Å². The van der Waals surface area contributed by atoms with Crippen LogP contribution in [0.2, 0.25) is 0 Å². The van der Waals surface area contributed by atoms with E-state index in [1.54, 1.807) is 0 Å². The summed E-state index contributed by atoms with van der Waals surface area (Å²) < 4.78 is 0. The highest BCUT2D eigenvalue weighted by Gasteiger charge is 2.14. The van der Waals surface area contributed by atoms with Crippen molar-refractivity contribution in [1.29, 1.82) is 0 Å². The molecule has 0 unspecified atom stereocenters. The van der Waals surface area contributed by atoms with Gasteiger partial charge in [0.2, 0.25) is 0 Å². The van der Waals surface area contributed by atoms with Gasteiger partial charge in [-0.2, -0.15) is 0 Å². The van der Waals surface area contributed by atoms with Gasteiger partial charge in [0, 0.05) is 11.4 Å². The minimum atomic E-state index is 0.473. The maximum absolute atomic E-state index is 6.00. The van der Waals surface area contributed by atoms with E-state index in [-0.39, 0.29) is 0 Å². The van der Waals surface area contributed by atoms with E-state index in [9.17, 15) is 0 Å². The van der Waals surface area contributed by atoms with Crippen molar-refractivity contribution < 1.29 is 4.99 Å². The second kappa shape index (κ2) is 6.50. The van der Waals surface area contributed by atoms with E-state index in [2.05, 4.69) is 20.3 Å². The van der Waals surface area contributed by atoms with Crippen LogP contribution in [0.25, 0.3) is 0 Å². The number of rotatable bonds is 2. The van der Waals surface area contributed by atoms with E-state index in [0.29, 0.717) is 17.9 Å². The zero-order valence-electron chi connectivity index (χ0n) is 11.9. The van der Waals surface area contributed by atoms with Gasteiger partial charge in [-0.3, -0.25) is 10.7 Å². The Hall–Kier alpha value is -1.65. The first-order valence-corrected chi connectivity index (χ1v) is 7.12. The van der Waals surface area contributed by atoms with E-state index in [1.807, 2.05) is 19.9 Å². The molecule has 1 fully saturated rings. The number of anilines is 1. The molecule has 0 bridgehead atoms. The Balaban J connectivity index is 2.00. The van der Waals surface area contributed by atoms with Crippen LogP contribution < -0.4 is 16.0 Å². The summed E-state index contributed by atoms with van der Waals surface area (Å²) in [6, 6.07) is 2.42. The molecule has 1 aromatic rings. The fourth-order valence-electron chi connectivity index (χ4n) is 2.58. The van der Waals surface area contributed by atoms with E-state index in [4.69, 9.17) is 5.73 Å². The highest BCUT2D eigenvalue weighted by atomic mass is 15.2. The molecule has 0 amide bonds. The summed E-state index contributed by atoms with van der Waals surface area (Å²) in [5, 5.41) is 3.05. The first-order chi connectivity index (χ1) is 9.13. The molecule has 0 atom stereocenters. The molecule has 19 heavy (non-hydrogen) atoms. The Morgan fingerprint density at radius 1 is 1.16 bits per heavy atom. The number of hydrogen-bond donors (Lipinski definition) is 3. The van der Waals surface area contributed by atoms with E-state index >= 15 is 0 Å². The van der Waals surface area contributed by atoms with Gasteiger partial charge in [0.15, 0.2) is 0 Å². The number of nitrogens with two attached hydrogens (primary N) is 1. The normalized spacial score (nSPS) is 18.1. The predicted octanol–water partition coefficient (Wildman–Crippen LogP) is 0.623. The van der Waals surface area contributed by atoms with Crippen LogP contribution >= 0.6 is 0 Å². The third-order valence-corrected chi connectivity index (χ3v) is 3.44. The molecule has 1 aliphatic carbocycles. The highest BCUT2D eigenvalue weighted by molar-refractivity contribution is 5.85. The van der Waals surface area contributed by atoms with Gasteiger partial charge in [-0.05, 0) is 32.8 Å². The Labute approximate surface area is 114 Å². The lowest BCUT2D eigenvalue weighted by Gasteiger charge is -2.08. The monoisotopic (exact) mass is 262 g/mol. The zero-order chi connectivity index (χ0) is 13.7. The largest absolute Gasteiger partial charge is 0.348 e. The van der Waals surface area contributed by atoms with E-state index < -0.39 is 0 Å². The van der Waals surface area contributed by atoms with Crippen molar-refractivity contribution >= 4 is 11.9 Å². The molecule has 0 radical (unpaired) electrons. The van der Waals surface area contributed by atoms with Crippen LogP contribution in [0.1, 0.15) is 49.9 Å².